The molecule has 86 valence electrons. The van der Waals surface area contributed by atoms with Crippen LogP contribution < -0.4 is 0 Å². The lowest BCUT2D eigenvalue weighted by molar-refractivity contribution is 0.0692. The van der Waals surface area contributed by atoms with E-state index in [0.717, 1.165) is 18.5 Å². The van der Waals surface area contributed by atoms with Gasteiger partial charge in [-0.2, -0.15) is 0 Å². The molecule has 0 radical (unpaired) electrons. The lowest BCUT2D eigenvalue weighted by atomic mass is 9.78. The molecule has 0 aromatic heterocycles. The molecule has 1 aliphatic heterocycles. The van der Waals surface area contributed by atoms with Crippen molar-refractivity contribution in [3.8, 4) is 0 Å². The van der Waals surface area contributed by atoms with E-state index in [-0.39, 0.29) is 0 Å². The monoisotopic (exact) mass is 227 g/mol. The molecule has 2 fully saturated rings. The first-order chi connectivity index (χ1) is 7.31. The van der Waals surface area contributed by atoms with E-state index in [9.17, 15) is 0 Å². The molecule has 0 amide bonds. The lowest BCUT2D eigenvalue weighted by Gasteiger charge is -2.44. The average molecular weight is 228 g/mol. The molecule has 0 bridgehead atoms. The summed E-state index contributed by atoms with van der Waals surface area (Å²) in [4.78, 5) is 2.64. The Balaban J connectivity index is 1.94. The molecule has 2 heteroatoms. The smallest absolute Gasteiger partial charge is 0.0443 e. The van der Waals surface area contributed by atoms with Gasteiger partial charge in [0, 0.05) is 18.5 Å². The van der Waals surface area contributed by atoms with Crippen molar-refractivity contribution >= 4 is 11.6 Å². The number of fused-ring (bicyclic) bond motifs is 1. The third-order valence-corrected chi connectivity index (χ3v) is 4.35. The highest BCUT2D eigenvalue weighted by Gasteiger charge is 2.32. The number of halogens is 1. The summed E-state index contributed by atoms with van der Waals surface area (Å²) in [5.41, 5.74) is 1.18. The minimum Gasteiger partial charge on any atom is -0.296 e. The zero-order valence-corrected chi connectivity index (χ0v) is 10.3. The highest BCUT2D eigenvalue weighted by molar-refractivity contribution is 6.19. The van der Waals surface area contributed by atoms with Gasteiger partial charge in [-0.05, 0) is 43.7 Å². The summed E-state index contributed by atoms with van der Waals surface area (Å²) in [5, 5.41) is 0. The Kier molecular flexibility index (Phi) is 4.10. The van der Waals surface area contributed by atoms with Gasteiger partial charge in [0.05, 0.1) is 0 Å². The van der Waals surface area contributed by atoms with Crippen LogP contribution in [-0.2, 0) is 0 Å². The largest absolute Gasteiger partial charge is 0.296 e. The summed E-state index contributed by atoms with van der Waals surface area (Å²) in [5.74, 6) is 1.59. The Morgan fingerprint density at radius 3 is 2.73 bits per heavy atom. The second kappa shape index (κ2) is 5.36. The predicted octanol–water partition coefficient (Wildman–Crippen LogP) is 3.44. The SMILES string of the molecule is C=C(CCl)CN1CCC[C@H]2CCCC[C@H]21. The van der Waals surface area contributed by atoms with Gasteiger partial charge in [0.2, 0.25) is 0 Å². The second-order valence-electron chi connectivity index (χ2n) is 5.11. The Morgan fingerprint density at radius 1 is 1.20 bits per heavy atom. The number of hydrogen-bond donors (Lipinski definition) is 0. The van der Waals surface area contributed by atoms with E-state index in [4.69, 9.17) is 11.6 Å². The van der Waals surface area contributed by atoms with E-state index >= 15 is 0 Å². The molecule has 0 spiro atoms. The van der Waals surface area contributed by atoms with Crippen molar-refractivity contribution in [3.05, 3.63) is 12.2 Å². The molecule has 0 unspecified atom stereocenters. The van der Waals surface area contributed by atoms with E-state index in [2.05, 4.69) is 11.5 Å². The maximum Gasteiger partial charge on any atom is 0.0443 e. The summed E-state index contributed by atoms with van der Waals surface area (Å²) in [7, 11) is 0. The van der Waals surface area contributed by atoms with Gasteiger partial charge in [-0.3, -0.25) is 4.90 Å². The zero-order chi connectivity index (χ0) is 10.7. The second-order valence-corrected chi connectivity index (χ2v) is 5.38. The first kappa shape index (κ1) is 11.5. The van der Waals surface area contributed by atoms with Gasteiger partial charge >= 0.3 is 0 Å². The Labute approximate surface area is 98.5 Å². The Hall–Kier alpha value is -0.0100. The highest BCUT2D eigenvalue weighted by atomic mass is 35.5. The number of likely N-dealkylation sites (tertiary alicyclic amines) is 1. The van der Waals surface area contributed by atoms with Crippen molar-refractivity contribution in [1.82, 2.24) is 4.90 Å². The number of rotatable bonds is 3. The fourth-order valence-corrected chi connectivity index (χ4v) is 3.34. The Bertz CT molecular complexity index is 225. The van der Waals surface area contributed by atoms with E-state index in [0.29, 0.717) is 5.88 Å². The van der Waals surface area contributed by atoms with Gasteiger partial charge in [-0.25, -0.2) is 0 Å². The van der Waals surface area contributed by atoms with Crippen LogP contribution in [0.1, 0.15) is 38.5 Å². The first-order valence-electron chi connectivity index (χ1n) is 6.28. The van der Waals surface area contributed by atoms with Gasteiger partial charge in [-0.15, -0.1) is 11.6 Å². The van der Waals surface area contributed by atoms with Crippen molar-refractivity contribution in [2.24, 2.45) is 5.92 Å². The molecular weight excluding hydrogens is 206 g/mol. The molecule has 1 saturated heterocycles. The molecule has 2 atom stereocenters. The summed E-state index contributed by atoms with van der Waals surface area (Å²) in [6.45, 7) is 6.32. The van der Waals surface area contributed by atoms with Crippen LogP contribution >= 0.6 is 11.6 Å². The van der Waals surface area contributed by atoms with Crippen LogP contribution in [0.5, 0.6) is 0 Å². The van der Waals surface area contributed by atoms with Gasteiger partial charge in [0.15, 0.2) is 0 Å². The fraction of sp³-hybridized carbons (Fsp3) is 0.846. The molecule has 1 nitrogen and oxygen atoms in total. The van der Waals surface area contributed by atoms with E-state index in [1.807, 2.05) is 0 Å². The maximum atomic E-state index is 5.82. The first-order valence-corrected chi connectivity index (χ1v) is 6.81. The summed E-state index contributed by atoms with van der Waals surface area (Å²) in [6.07, 6.45) is 8.55. The minimum atomic E-state index is 0.619. The summed E-state index contributed by atoms with van der Waals surface area (Å²) in [6, 6.07) is 0.840. The quantitative estimate of drug-likeness (QED) is 0.528. The predicted molar refractivity (Wildman–Crippen MR) is 66.4 cm³/mol. The topological polar surface area (TPSA) is 3.24 Å². The molecule has 15 heavy (non-hydrogen) atoms. The lowest BCUT2D eigenvalue weighted by Crippen LogP contribution is -2.47. The van der Waals surface area contributed by atoms with Gasteiger partial charge in [-0.1, -0.05) is 19.4 Å². The standard InChI is InChI=1S/C13H22ClN/c1-11(9-14)10-15-8-4-6-12-5-2-3-7-13(12)15/h12-13H,1-10H2/t12-,13-/m1/s1. The molecule has 1 saturated carbocycles. The number of piperidine rings is 1. The third kappa shape index (κ3) is 2.76. The van der Waals surface area contributed by atoms with Crippen LogP contribution in [0.25, 0.3) is 0 Å². The van der Waals surface area contributed by atoms with Gasteiger partial charge in [0.25, 0.3) is 0 Å². The van der Waals surface area contributed by atoms with Crippen molar-refractivity contribution in [1.29, 1.82) is 0 Å². The van der Waals surface area contributed by atoms with Gasteiger partial charge in [0.1, 0.15) is 0 Å². The molecule has 0 N–H and O–H groups in total. The minimum absolute atomic E-state index is 0.619. The number of nitrogens with zero attached hydrogens (tertiary/aromatic N) is 1. The summed E-state index contributed by atoms with van der Waals surface area (Å²) >= 11 is 5.82. The van der Waals surface area contributed by atoms with Gasteiger partial charge < -0.3 is 0 Å². The summed E-state index contributed by atoms with van der Waals surface area (Å²) < 4.78 is 0. The van der Waals surface area contributed by atoms with Crippen molar-refractivity contribution in [2.75, 3.05) is 19.0 Å². The van der Waals surface area contributed by atoms with E-state index < -0.39 is 0 Å². The molecule has 2 rings (SSSR count). The van der Waals surface area contributed by atoms with Crippen LogP contribution in [0.2, 0.25) is 0 Å². The van der Waals surface area contributed by atoms with Crippen molar-refractivity contribution < 1.29 is 0 Å². The van der Waals surface area contributed by atoms with Crippen LogP contribution in [0.4, 0.5) is 0 Å². The number of alkyl halides is 1. The molecule has 0 aromatic rings. The van der Waals surface area contributed by atoms with Crippen LogP contribution in [-0.4, -0.2) is 29.9 Å². The van der Waals surface area contributed by atoms with Crippen LogP contribution in [0, 0.1) is 5.92 Å². The van der Waals surface area contributed by atoms with E-state index in [1.165, 1.54) is 50.6 Å². The van der Waals surface area contributed by atoms with Crippen LogP contribution in [0.15, 0.2) is 12.2 Å². The average Bonchev–Trinajstić information content (AvgIpc) is 2.29. The van der Waals surface area contributed by atoms with Crippen molar-refractivity contribution in [3.63, 3.8) is 0 Å². The number of hydrogen-bond acceptors (Lipinski definition) is 1. The molecule has 1 aliphatic carbocycles. The third-order valence-electron chi connectivity index (χ3n) is 3.97. The molecule has 0 aromatic carbocycles. The van der Waals surface area contributed by atoms with E-state index in [1.54, 1.807) is 0 Å². The molecular formula is C13H22ClN. The highest BCUT2D eigenvalue weighted by Crippen LogP contribution is 2.35. The maximum absolute atomic E-state index is 5.82. The molecule has 1 heterocycles. The molecule has 2 aliphatic rings. The fourth-order valence-electron chi connectivity index (χ4n) is 3.25. The Morgan fingerprint density at radius 2 is 1.93 bits per heavy atom. The zero-order valence-electron chi connectivity index (χ0n) is 9.55. The normalized spacial score (nSPS) is 32.3. The van der Waals surface area contributed by atoms with Crippen LogP contribution in [0.3, 0.4) is 0 Å². The van der Waals surface area contributed by atoms with Crippen molar-refractivity contribution in [2.45, 2.75) is 44.6 Å².